The molecule has 200 valence electrons. The fraction of sp³-hybridized carbons (Fsp3) is 0.625. The van der Waals surface area contributed by atoms with E-state index in [0.29, 0.717) is 23.8 Å². The maximum atomic E-state index is 13.9. The zero-order chi connectivity index (χ0) is 25.8. The van der Waals surface area contributed by atoms with Crippen LogP contribution >= 0.6 is 0 Å². The van der Waals surface area contributed by atoms with Gasteiger partial charge in [-0.3, -0.25) is 0 Å². The maximum Gasteiger partial charge on any atom is 0.417 e. The lowest BCUT2D eigenvalue weighted by Crippen LogP contribution is -2.13. The molecular formula is C32H45F3O. The van der Waals surface area contributed by atoms with E-state index in [1.54, 1.807) is 12.1 Å². The van der Waals surface area contributed by atoms with E-state index in [4.69, 9.17) is 4.74 Å². The van der Waals surface area contributed by atoms with Crippen LogP contribution in [0.15, 0.2) is 42.5 Å². The highest BCUT2D eigenvalue weighted by molar-refractivity contribution is 5.69. The molecule has 0 N–H and O–H groups in total. The van der Waals surface area contributed by atoms with Crippen LogP contribution in [-0.4, -0.2) is 6.61 Å². The monoisotopic (exact) mass is 502 g/mol. The largest absolute Gasteiger partial charge is 0.494 e. The van der Waals surface area contributed by atoms with E-state index in [-0.39, 0.29) is 5.56 Å². The van der Waals surface area contributed by atoms with Gasteiger partial charge in [0.1, 0.15) is 5.75 Å². The molecule has 0 saturated heterocycles. The minimum Gasteiger partial charge on any atom is -0.494 e. The Kier molecular flexibility index (Phi) is 11.7. The van der Waals surface area contributed by atoms with Crippen molar-refractivity contribution in [3.63, 3.8) is 0 Å². The van der Waals surface area contributed by atoms with E-state index in [1.807, 2.05) is 24.3 Å². The summed E-state index contributed by atoms with van der Waals surface area (Å²) in [4.78, 5) is 0. The van der Waals surface area contributed by atoms with Gasteiger partial charge in [-0.05, 0) is 72.8 Å². The molecule has 1 aliphatic rings. The lowest BCUT2D eigenvalue weighted by atomic mass is 9.77. The van der Waals surface area contributed by atoms with Gasteiger partial charge in [0.05, 0.1) is 12.2 Å². The maximum absolute atomic E-state index is 13.9. The van der Waals surface area contributed by atoms with Crippen LogP contribution in [0.1, 0.15) is 121 Å². The van der Waals surface area contributed by atoms with Gasteiger partial charge in [-0.1, -0.05) is 102 Å². The van der Waals surface area contributed by atoms with Crippen LogP contribution in [0.2, 0.25) is 0 Å². The van der Waals surface area contributed by atoms with E-state index in [9.17, 15) is 13.2 Å². The van der Waals surface area contributed by atoms with Crippen molar-refractivity contribution in [2.24, 2.45) is 5.92 Å². The van der Waals surface area contributed by atoms with Gasteiger partial charge in [-0.25, -0.2) is 0 Å². The Labute approximate surface area is 216 Å². The molecule has 2 aromatic rings. The molecule has 0 radical (unpaired) electrons. The highest BCUT2D eigenvalue weighted by atomic mass is 19.4. The molecule has 0 amide bonds. The molecular weight excluding hydrogens is 457 g/mol. The molecule has 0 heterocycles. The molecule has 0 aliphatic heterocycles. The highest BCUT2D eigenvalue weighted by Gasteiger charge is 2.34. The van der Waals surface area contributed by atoms with E-state index < -0.39 is 11.7 Å². The predicted molar refractivity (Wildman–Crippen MR) is 145 cm³/mol. The van der Waals surface area contributed by atoms with Crippen molar-refractivity contribution in [3.8, 4) is 16.9 Å². The molecule has 0 unspecified atom stereocenters. The van der Waals surface area contributed by atoms with Crippen molar-refractivity contribution in [2.75, 3.05) is 6.61 Å². The number of rotatable bonds is 14. The zero-order valence-corrected chi connectivity index (χ0v) is 22.3. The summed E-state index contributed by atoms with van der Waals surface area (Å²) in [5, 5.41) is 0. The highest BCUT2D eigenvalue weighted by Crippen LogP contribution is 2.41. The first-order valence-corrected chi connectivity index (χ1v) is 14.4. The summed E-state index contributed by atoms with van der Waals surface area (Å²) >= 11 is 0. The fourth-order valence-electron chi connectivity index (χ4n) is 5.57. The number of alkyl halides is 3. The summed E-state index contributed by atoms with van der Waals surface area (Å²) in [6.07, 6.45) is 12.5. The van der Waals surface area contributed by atoms with Gasteiger partial charge in [0.2, 0.25) is 0 Å². The normalized spacial score (nSPS) is 18.4. The Morgan fingerprint density at radius 3 is 2.06 bits per heavy atom. The number of hydrogen-bond acceptors (Lipinski definition) is 1. The quantitative estimate of drug-likeness (QED) is 0.233. The second kappa shape index (κ2) is 14.7. The lowest BCUT2D eigenvalue weighted by Gasteiger charge is -2.29. The van der Waals surface area contributed by atoms with Crippen molar-refractivity contribution in [1.82, 2.24) is 0 Å². The van der Waals surface area contributed by atoms with Crippen LogP contribution in [0.3, 0.4) is 0 Å². The van der Waals surface area contributed by atoms with E-state index in [2.05, 4.69) is 13.8 Å². The summed E-state index contributed by atoms with van der Waals surface area (Å²) in [7, 11) is 0. The fourth-order valence-corrected chi connectivity index (χ4v) is 5.57. The number of ether oxygens (including phenoxy) is 1. The molecule has 4 heteroatoms. The first kappa shape index (κ1) is 28.6. The molecule has 0 atom stereocenters. The third-order valence-electron chi connectivity index (χ3n) is 7.82. The van der Waals surface area contributed by atoms with Crippen LogP contribution < -0.4 is 4.74 Å². The predicted octanol–water partition coefficient (Wildman–Crippen LogP) is 11.0. The molecule has 1 saturated carbocycles. The Bertz CT molecular complexity index is 879. The second-order valence-electron chi connectivity index (χ2n) is 10.7. The summed E-state index contributed by atoms with van der Waals surface area (Å²) in [6, 6.07) is 12.2. The minimum atomic E-state index is -4.43. The van der Waals surface area contributed by atoms with E-state index in [1.165, 1.54) is 82.3 Å². The van der Waals surface area contributed by atoms with Crippen LogP contribution in [0, 0.1) is 5.92 Å². The first-order chi connectivity index (χ1) is 17.4. The molecule has 0 aromatic heterocycles. The molecule has 36 heavy (non-hydrogen) atoms. The average molecular weight is 503 g/mol. The Hall–Kier alpha value is -1.97. The Morgan fingerprint density at radius 2 is 1.39 bits per heavy atom. The number of hydrogen-bond donors (Lipinski definition) is 0. The molecule has 0 bridgehead atoms. The number of unbranched alkanes of at least 4 members (excludes halogenated alkanes) is 7. The van der Waals surface area contributed by atoms with Gasteiger partial charge < -0.3 is 4.74 Å². The second-order valence-corrected chi connectivity index (χ2v) is 10.7. The molecule has 1 nitrogen and oxygen atoms in total. The third-order valence-corrected chi connectivity index (χ3v) is 7.82. The molecule has 1 fully saturated rings. The van der Waals surface area contributed by atoms with Crippen LogP contribution in [0.4, 0.5) is 13.2 Å². The van der Waals surface area contributed by atoms with Crippen molar-refractivity contribution in [1.29, 1.82) is 0 Å². The van der Waals surface area contributed by atoms with Crippen molar-refractivity contribution < 1.29 is 17.9 Å². The number of benzene rings is 2. The first-order valence-electron chi connectivity index (χ1n) is 14.4. The average Bonchev–Trinajstić information content (AvgIpc) is 2.88. The molecule has 3 rings (SSSR count). The Morgan fingerprint density at radius 1 is 0.750 bits per heavy atom. The van der Waals surface area contributed by atoms with Crippen LogP contribution in [0.25, 0.3) is 11.1 Å². The standard InChI is InChI=1S/C32H45F3O/c1-3-5-7-8-9-11-23-36-29-21-22-30(31(24-29)32(33,34)35)28-19-17-27(18-20-28)26-15-13-25(14-16-26)12-10-6-4-2/h17-22,24-26H,3-16,23H2,1-2H3. The summed E-state index contributed by atoms with van der Waals surface area (Å²) in [5.74, 6) is 1.68. The Balaban J connectivity index is 1.60. The smallest absolute Gasteiger partial charge is 0.417 e. The van der Waals surface area contributed by atoms with Crippen molar-refractivity contribution in [3.05, 3.63) is 53.6 Å². The van der Waals surface area contributed by atoms with E-state index in [0.717, 1.165) is 25.2 Å². The summed E-state index contributed by atoms with van der Waals surface area (Å²) in [6.45, 7) is 4.89. The summed E-state index contributed by atoms with van der Waals surface area (Å²) < 4.78 is 47.5. The van der Waals surface area contributed by atoms with Crippen LogP contribution in [0.5, 0.6) is 5.75 Å². The lowest BCUT2D eigenvalue weighted by molar-refractivity contribution is -0.137. The topological polar surface area (TPSA) is 9.23 Å². The number of halogens is 3. The van der Waals surface area contributed by atoms with Gasteiger partial charge in [-0.15, -0.1) is 0 Å². The van der Waals surface area contributed by atoms with Crippen LogP contribution in [-0.2, 0) is 6.18 Å². The molecule has 0 spiro atoms. The third kappa shape index (κ3) is 8.85. The van der Waals surface area contributed by atoms with Gasteiger partial charge in [0.25, 0.3) is 0 Å². The molecule has 1 aliphatic carbocycles. The van der Waals surface area contributed by atoms with Gasteiger partial charge >= 0.3 is 6.18 Å². The SMILES string of the molecule is CCCCCCCCOc1ccc(-c2ccc(C3CCC(CCCCC)CC3)cc2)c(C(F)(F)F)c1. The van der Waals surface area contributed by atoms with Crippen molar-refractivity contribution >= 4 is 0 Å². The van der Waals surface area contributed by atoms with Gasteiger partial charge in [0.15, 0.2) is 0 Å². The van der Waals surface area contributed by atoms with Gasteiger partial charge in [-0.2, -0.15) is 13.2 Å². The van der Waals surface area contributed by atoms with Gasteiger partial charge in [0, 0.05) is 0 Å². The molecule has 2 aromatic carbocycles. The minimum absolute atomic E-state index is 0.223. The summed E-state index contributed by atoms with van der Waals surface area (Å²) in [5.41, 5.74) is 1.48. The van der Waals surface area contributed by atoms with E-state index >= 15 is 0 Å². The zero-order valence-electron chi connectivity index (χ0n) is 22.3. The van der Waals surface area contributed by atoms with Crippen molar-refractivity contribution in [2.45, 2.75) is 116 Å².